The summed E-state index contributed by atoms with van der Waals surface area (Å²) in [5.74, 6) is 0.829. The molecule has 0 saturated heterocycles. The zero-order valence-corrected chi connectivity index (χ0v) is 9.84. The molecule has 0 unspecified atom stereocenters. The van der Waals surface area contributed by atoms with Crippen LogP contribution >= 0.6 is 0 Å². The van der Waals surface area contributed by atoms with E-state index in [-0.39, 0.29) is 5.60 Å². The third-order valence-corrected chi connectivity index (χ3v) is 4.24. The Bertz CT molecular complexity index is 181. The van der Waals surface area contributed by atoms with Gasteiger partial charge in [0.15, 0.2) is 0 Å². The van der Waals surface area contributed by atoms with Crippen molar-refractivity contribution in [1.29, 1.82) is 0 Å². The molecule has 2 rings (SSSR count). The highest BCUT2D eigenvalue weighted by Gasteiger charge is 2.32. The molecule has 2 nitrogen and oxygen atoms in total. The van der Waals surface area contributed by atoms with E-state index in [0.717, 1.165) is 19.1 Å². The molecule has 0 atom stereocenters. The first kappa shape index (κ1) is 11.4. The van der Waals surface area contributed by atoms with Crippen molar-refractivity contribution in [2.24, 2.45) is 11.7 Å². The molecule has 0 heterocycles. The van der Waals surface area contributed by atoms with Crippen molar-refractivity contribution in [2.45, 2.75) is 63.4 Å². The van der Waals surface area contributed by atoms with Gasteiger partial charge in [-0.25, -0.2) is 0 Å². The topological polar surface area (TPSA) is 35.2 Å². The smallest absolute Gasteiger partial charge is 0.0804 e. The van der Waals surface area contributed by atoms with Crippen LogP contribution in [0.4, 0.5) is 0 Å². The third kappa shape index (κ3) is 2.94. The molecule has 0 aromatic rings. The minimum atomic E-state index is 0.0564. The third-order valence-electron chi connectivity index (χ3n) is 4.24. The molecule has 2 fully saturated rings. The van der Waals surface area contributed by atoms with Gasteiger partial charge in [-0.3, -0.25) is 0 Å². The van der Waals surface area contributed by atoms with Crippen LogP contribution in [0.1, 0.15) is 57.8 Å². The summed E-state index contributed by atoms with van der Waals surface area (Å²) in [6.07, 6.45) is 11.9. The van der Waals surface area contributed by atoms with Crippen LogP contribution in [-0.4, -0.2) is 18.8 Å². The molecule has 0 amide bonds. The Morgan fingerprint density at radius 3 is 2.27 bits per heavy atom. The molecule has 15 heavy (non-hydrogen) atoms. The van der Waals surface area contributed by atoms with E-state index in [1.54, 1.807) is 0 Å². The predicted octanol–water partition coefficient (Wildman–Crippen LogP) is 2.85. The summed E-state index contributed by atoms with van der Waals surface area (Å²) >= 11 is 0. The van der Waals surface area contributed by atoms with Gasteiger partial charge in [0.05, 0.1) is 12.2 Å². The van der Waals surface area contributed by atoms with Gasteiger partial charge < -0.3 is 10.5 Å². The van der Waals surface area contributed by atoms with Crippen LogP contribution in [0.15, 0.2) is 0 Å². The summed E-state index contributed by atoms with van der Waals surface area (Å²) in [6, 6.07) is 0. The molecule has 2 aliphatic rings. The lowest BCUT2D eigenvalue weighted by Gasteiger charge is -2.37. The second-order valence-corrected chi connectivity index (χ2v) is 5.41. The van der Waals surface area contributed by atoms with Crippen LogP contribution in [0.3, 0.4) is 0 Å². The second-order valence-electron chi connectivity index (χ2n) is 5.41. The number of hydrogen-bond acceptors (Lipinski definition) is 2. The molecule has 0 bridgehead atoms. The Kier molecular flexibility index (Phi) is 4.04. The van der Waals surface area contributed by atoms with Gasteiger partial charge in [-0.1, -0.05) is 32.1 Å². The Balaban J connectivity index is 1.78. The molecule has 0 spiro atoms. The Labute approximate surface area is 93.6 Å². The van der Waals surface area contributed by atoms with Crippen LogP contribution < -0.4 is 5.73 Å². The van der Waals surface area contributed by atoms with Crippen molar-refractivity contribution in [3.8, 4) is 0 Å². The summed E-state index contributed by atoms with van der Waals surface area (Å²) < 4.78 is 6.18. The molecule has 2 aliphatic carbocycles. The fourth-order valence-corrected chi connectivity index (χ4v) is 3.08. The number of hydrogen-bond donors (Lipinski definition) is 1. The fourth-order valence-electron chi connectivity index (χ4n) is 3.08. The van der Waals surface area contributed by atoms with E-state index in [1.165, 1.54) is 57.8 Å². The molecule has 0 aliphatic heterocycles. The summed E-state index contributed by atoms with van der Waals surface area (Å²) in [5, 5.41) is 0. The van der Waals surface area contributed by atoms with Crippen molar-refractivity contribution in [3.05, 3.63) is 0 Å². The monoisotopic (exact) mass is 211 g/mol. The highest BCUT2D eigenvalue weighted by Crippen LogP contribution is 2.33. The second kappa shape index (κ2) is 5.31. The lowest BCUT2D eigenvalue weighted by Crippen LogP contribution is -2.43. The predicted molar refractivity (Wildman–Crippen MR) is 62.8 cm³/mol. The van der Waals surface area contributed by atoms with E-state index in [4.69, 9.17) is 10.5 Å². The fraction of sp³-hybridized carbons (Fsp3) is 1.00. The van der Waals surface area contributed by atoms with E-state index in [1.807, 2.05) is 0 Å². The van der Waals surface area contributed by atoms with Crippen LogP contribution in [0.2, 0.25) is 0 Å². The Morgan fingerprint density at radius 2 is 1.67 bits per heavy atom. The van der Waals surface area contributed by atoms with E-state index in [9.17, 15) is 0 Å². The molecule has 2 saturated carbocycles. The van der Waals surface area contributed by atoms with E-state index in [0.29, 0.717) is 0 Å². The molecular formula is C13H25NO. The number of rotatable bonds is 4. The summed E-state index contributed by atoms with van der Waals surface area (Å²) in [5.41, 5.74) is 5.95. The van der Waals surface area contributed by atoms with Crippen molar-refractivity contribution in [2.75, 3.05) is 13.2 Å². The first-order valence-corrected chi connectivity index (χ1v) is 6.69. The quantitative estimate of drug-likeness (QED) is 0.776. The minimum absolute atomic E-state index is 0.0564. The molecule has 0 radical (unpaired) electrons. The van der Waals surface area contributed by atoms with Crippen LogP contribution in [0, 0.1) is 5.92 Å². The number of nitrogens with two attached hydrogens (primary N) is 1. The maximum absolute atomic E-state index is 6.18. The normalized spacial score (nSPS) is 27.0. The average Bonchev–Trinajstić information content (AvgIpc) is 2.81. The van der Waals surface area contributed by atoms with Gasteiger partial charge in [-0.15, -0.1) is 0 Å². The number of ether oxygens (including phenoxy) is 1. The van der Waals surface area contributed by atoms with E-state index >= 15 is 0 Å². The van der Waals surface area contributed by atoms with E-state index < -0.39 is 0 Å². The summed E-state index contributed by atoms with van der Waals surface area (Å²) in [6.45, 7) is 1.69. The first-order valence-electron chi connectivity index (χ1n) is 6.69. The van der Waals surface area contributed by atoms with Crippen LogP contribution in [0.5, 0.6) is 0 Å². The Morgan fingerprint density at radius 1 is 1.00 bits per heavy atom. The van der Waals surface area contributed by atoms with Gasteiger partial charge in [-0.2, -0.15) is 0 Å². The minimum Gasteiger partial charge on any atom is -0.373 e. The first-order chi connectivity index (χ1) is 7.35. The largest absolute Gasteiger partial charge is 0.373 e. The van der Waals surface area contributed by atoms with Crippen LogP contribution in [-0.2, 0) is 4.74 Å². The molecule has 88 valence electrons. The average molecular weight is 211 g/mol. The van der Waals surface area contributed by atoms with Crippen molar-refractivity contribution < 1.29 is 4.74 Å². The Hall–Kier alpha value is -0.0800. The standard InChI is InChI=1S/C13H25NO/c14-11-13(8-4-1-5-9-13)15-10-12-6-2-3-7-12/h12H,1-11,14H2. The highest BCUT2D eigenvalue weighted by molar-refractivity contribution is 4.86. The summed E-state index contributed by atoms with van der Waals surface area (Å²) in [7, 11) is 0. The van der Waals surface area contributed by atoms with Crippen molar-refractivity contribution in [1.82, 2.24) is 0 Å². The molecule has 2 heteroatoms. The van der Waals surface area contributed by atoms with Gasteiger partial charge in [0.2, 0.25) is 0 Å². The van der Waals surface area contributed by atoms with Crippen LogP contribution in [0.25, 0.3) is 0 Å². The zero-order chi connectivity index (χ0) is 10.6. The SMILES string of the molecule is NCC1(OCC2CCCC2)CCCCC1. The molecule has 0 aromatic carbocycles. The highest BCUT2D eigenvalue weighted by atomic mass is 16.5. The zero-order valence-electron chi connectivity index (χ0n) is 9.84. The van der Waals surface area contributed by atoms with Gasteiger partial charge in [0.1, 0.15) is 0 Å². The lowest BCUT2D eigenvalue weighted by molar-refractivity contribution is -0.0760. The summed E-state index contributed by atoms with van der Waals surface area (Å²) in [4.78, 5) is 0. The maximum atomic E-state index is 6.18. The molecule has 0 aromatic heterocycles. The van der Waals surface area contributed by atoms with Crippen molar-refractivity contribution >= 4 is 0 Å². The molecule has 2 N–H and O–H groups in total. The van der Waals surface area contributed by atoms with Crippen molar-refractivity contribution in [3.63, 3.8) is 0 Å². The molecular weight excluding hydrogens is 186 g/mol. The van der Waals surface area contributed by atoms with E-state index in [2.05, 4.69) is 0 Å². The van der Waals surface area contributed by atoms with Gasteiger partial charge in [-0.05, 0) is 31.6 Å². The van der Waals surface area contributed by atoms with Gasteiger partial charge in [0, 0.05) is 6.54 Å². The maximum Gasteiger partial charge on any atom is 0.0804 e. The van der Waals surface area contributed by atoms with Gasteiger partial charge in [0.25, 0.3) is 0 Å². The van der Waals surface area contributed by atoms with Gasteiger partial charge >= 0.3 is 0 Å². The lowest BCUT2D eigenvalue weighted by atomic mass is 9.84.